The van der Waals surface area contributed by atoms with E-state index in [0.29, 0.717) is 5.02 Å². The Hall–Kier alpha value is -2.00. The Morgan fingerprint density at radius 3 is 2.47 bits per heavy atom. The number of benzene rings is 2. The summed E-state index contributed by atoms with van der Waals surface area (Å²) in [4.78, 5) is 13.1. The summed E-state index contributed by atoms with van der Waals surface area (Å²) < 4.78 is 0. The van der Waals surface area contributed by atoms with Crippen LogP contribution in [0.25, 0.3) is 0 Å². The first-order valence-electron chi connectivity index (χ1n) is 5.94. The van der Waals surface area contributed by atoms with Crippen molar-refractivity contribution >= 4 is 34.6 Å². The molecule has 0 radical (unpaired) electrons. The molecule has 19 heavy (non-hydrogen) atoms. The molecule has 2 aromatic rings. The van der Waals surface area contributed by atoms with Gasteiger partial charge in [-0.15, -0.1) is 0 Å². The van der Waals surface area contributed by atoms with Crippen LogP contribution in [-0.4, -0.2) is 13.0 Å². The quantitative estimate of drug-likeness (QED) is 0.915. The van der Waals surface area contributed by atoms with Crippen LogP contribution in [0.15, 0.2) is 48.5 Å². The van der Waals surface area contributed by atoms with Gasteiger partial charge in [0.15, 0.2) is 0 Å². The van der Waals surface area contributed by atoms with Crippen molar-refractivity contribution in [2.75, 3.05) is 17.3 Å². The average Bonchev–Trinajstić information content (AvgIpc) is 2.39. The van der Waals surface area contributed by atoms with E-state index < -0.39 is 0 Å². The molecule has 1 amide bonds. The Bertz CT molecular complexity index is 584. The second kappa shape index (κ2) is 5.76. The van der Waals surface area contributed by atoms with Crippen molar-refractivity contribution in [1.82, 2.24) is 0 Å². The summed E-state index contributed by atoms with van der Waals surface area (Å²) in [6.07, 6.45) is 0. The van der Waals surface area contributed by atoms with E-state index >= 15 is 0 Å². The molecule has 0 saturated carbocycles. The second-order valence-corrected chi connectivity index (χ2v) is 4.67. The zero-order chi connectivity index (χ0) is 13.8. The van der Waals surface area contributed by atoms with Gasteiger partial charge in [-0.25, -0.2) is 0 Å². The maximum Gasteiger partial charge on any atom is 0.223 e. The van der Waals surface area contributed by atoms with Crippen molar-refractivity contribution in [2.24, 2.45) is 0 Å². The van der Waals surface area contributed by atoms with Gasteiger partial charge in [0.1, 0.15) is 0 Å². The lowest BCUT2D eigenvalue weighted by atomic mass is 10.2. The van der Waals surface area contributed by atoms with E-state index in [2.05, 4.69) is 5.32 Å². The van der Waals surface area contributed by atoms with Crippen LogP contribution >= 0.6 is 11.6 Å². The van der Waals surface area contributed by atoms with E-state index in [1.165, 1.54) is 6.92 Å². The lowest BCUT2D eigenvalue weighted by molar-refractivity contribution is -0.116. The molecular weight excluding hydrogens is 260 g/mol. The third-order valence-electron chi connectivity index (χ3n) is 2.85. The molecule has 0 aliphatic heterocycles. The fourth-order valence-electron chi connectivity index (χ4n) is 1.75. The van der Waals surface area contributed by atoms with E-state index in [0.717, 1.165) is 17.1 Å². The molecule has 0 atom stereocenters. The molecular formula is C15H15ClN2O. The molecule has 2 rings (SSSR count). The molecule has 2 aromatic carbocycles. The Morgan fingerprint density at radius 2 is 1.84 bits per heavy atom. The van der Waals surface area contributed by atoms with E-state index in [9.17, 15) is 4.79 Å². The SMILES string of the molecule is CC(=O)N(C)c1ccc(Cl)cc1Nc1ccccc1. The van der Waals surface area contributed by atoms with Crippen LogP contribution in [0, 0.1) is 0 Å². The lowest BCUT2D eigenvalue weighted by Gasteiger charge is -2.20. The smallest absolute Gasteiger partial charge is 0.223 e. The minimum Gasteiger partial charge on any atom is -0.354 e. The Morgan fingerprint density at radius 1 is 1.16 bits per heavy atom. The normalized spacial score (nSPS) is 10.1. The van der Waals surface area contributed by atoms with Crippen molar-refractivity contribution in [3.05, 3.63) is 53.6 Å². The number of halogens is 1. The first-order chi connectivity index (χ1) is 9.08. The van der Waals surface area contributed by atoms with Crippen LogP contribution in [0.2, 0.25) is 5.02 Å². The summed E-state index contributed by atoms with van der Waals surface area (Å²) in [5.74, 6) is -0.0292. The van der Waals surface area contributed by atoms with Crippen molar-refractivity contribution in [1.29, 1.82) is 0 Å². The Kier molecular flexibility index (Phi) is 4.07. The van der Waals surface area contributed by atoms with Gasteiger partial charge in [0.25, 0.3) is 0 Å². The number of anilines is 3. The fourth-order valence-corrected chi connectivity index (χ4v) is 1.92. The molecule has 0 fully saturated rings. The maximum absolute atomic E-state index is 11.5. The van der Waals surface area contributed by atoms with E-state index in [1.54, 1.807) is 18.0 Å². The fraction of sp³-hybridized carbons (Fsp3) is 0.133. The molecule has 0 spiro atoms. The first-order valence-corrected chi connectivity index (χ1v) is 6.31. The zero-order valence-electron chi connectivity index (χ0n) is 10.9. The highest BCUT2D eigenvalue weighted by Gasteiger charge is 2.11. The van der Waals surface area contributed by atoms with Crippen molar-refractivity contribution < 1.29 is 4.79 Å². The molecule has 0 aliphatic rings. The van der Waals surface area contributed by atoms with Gasteiger partial charge in [0, 0.05) is 24.7 Å². The number of hydrogen-bond acceptors (Lipinski definition) is 2. The van der Waals surface area contributed by atoms with Crippen LogP contribution in [0.3, 0.4) is 0 Å². The summed E-state index contributed by atoms with van der Waals surface area (Å²) in [6, 6.07) is 15.2. The summed E-state index contributed by atoms with van der Waals surface area (Å²) in [5, 5.41) is 3.89. The third kappa shape index (κ3) is 3.26. The number of carbonyl (C=O) groups excluding carboxylic acids is 1. The van der Waals surface area contributed by atoms with Gasteiger partial charge in [0.05, 0.1) is 11.4 Å². The topological polar surface area (TPSA) is 32.3 Å². The van der Waals surface area contributed by atoms with Gasteiger partial charge in [-0.05, 0) is 30.3 Å². The van der Waals surface area contributed by atoms with Crippen molar-refractivity contribution in [3.63, 3.8) is 0 Å². The van der Waals surface area contributed by atoms with Crippen LogP contribution < -0.4 is 10.2 Å². The predicted molar refractivity (Wildman–Crippen MR) is 80.3 cm³/mol. The van der Waals surface area contributed by atoms with E-state index in [-0.39, 0.29) is 5.91 Å². The minimum atomic E-state index is -0.0292. The molecule has 0 unspecified atom stereocenters. The predicted octanol–water partition coefficient (Wildman–Crippen LogP) is 4.07. The van der Waals surface area contributed by atoms with Gasteiger partial charge >= 0.3 is 0 Å². The maximum atomic E-state index is 11.5. The van der Waals surface area contributed by atoms with Gasteiger partial charge in [-0.1, -0.05) is 29.8 Å². The van der Waals surface area contributed by atoms with Gasteiger partial charge in [-0.3, -0.25) is 4.79 Å². The largest absolute Gasteiger partial charge is 0.354 e. The van der Waals surface area contributed by atoms with Gasteiger partial charge in [0.2, 0.25) is 5.91 Å². The average molecular weight is 275 g/mol. The summed E-state index contributed by atoms with van der Waals surface area (Å²) in [5.41, 5.74) is 2.54. The van der Waals surface area contributed by atoms with Crippen LogP contribution in [0.1, 0.15) is 6.92 Å². The molecule has 0 bridgehead atoms. The van der Waals surface area contributed by atoms with E-state index in [1.807, 2.05) is 42.5 Å². The molecule has 98 valence electrons. The first kappa shape index (κ1) is 13.4. The van der Waals surface area contributed by atoms with Crippen LogP contribution in [0.4, 0.5) is 17.1 Å². The van der Waals surface area contributed by atoms with Gasteiger partial charge in [-0.2, -0.15) is 0 Å². The number of amides is 1. The second-order valence-electron chi connectivity index (χ2n) is 4.23. The number of rotatable bonds is 3. The van der Waals surface area contributed by atoms with E-state index in [4.69, 9.17) is 11.6 Å². The zero-order valence-corrected chi connectivity index (χ0v) is 11.6. The monoisotopic (exact) mass is 274 g/mol. The highest BCUT2D eigenvalue weighted by molar-refractivity contribution is 6.31. The summed E-state index contributed by atoms with van der Waals surface area (Å²) in [6.45, 7) is 1.53. The molecule has 0 heterocycles. The lowest BCUT2D eigenvalue weighted by Crippen LogP contribution is -2.23. The molecule has 0 aliphatic carbocycles. The molecule has 4 heteroatoms. The van der Waals surface area contributed by atoms with Gasteiger partial charge < -0.3 is 10.2 Å². The highest BCUT2D eigenvalue weighted by atomic mass is 35.5. The molecule has 1 N–H and O–H groups in total. The van der Waals surface area contributed by atoms with Crippen LogP contribution in [-0.2, 0) is 4.79 Å². The summed E-state index contributed by atoms with van der Waals surface area (Å²) in [7, 11) is 1.74. The Balaban J connectivity index is 2.38. The standard InChI is InChI=1S/C15H15ClN2O/c1-11(19)18(2)15-9-8-12(16)10-14(15)17-13-6-4-3-5-7-13/h3-10,17H,1-2H3. The minimum absolute atomic E-state index is 0.0292. The summed E-state index contributed by atoms with van der Waals surface area (Å²) >= 11 is 6.02. The molecule has 0 aromatic heterocycles. The number of para-hydroxylation sites is 1. The number of carbonyl (C=O) groups is 1. The highest BCUT2D eigenvalue weighted by Crippen LogP contribution is 2.31. The Labute approximate surface area is 117 Å². The van der Waals surface area contributed by atoms with Crippen molar-refractivity contribution in [2.45, 2.75) is 6.92 Å². The number of nitrogens with one attached hydrogen (secondary N) is 1. The number of nitrogens with zero attached hydrogens (tertiary/aromatic N) is 1. The van der Waals surface area contributed by atoms with Crippen LogP contribution in [0.5, 0.6) is 0 Å². The molecule has 3 nitrogen and oxygen atoms in total. The number of hydrogen-bond donors (Lipinski definition) is 1. The molecule has 0 saturated heterocycles. The van der Waals surface area contributed by atoms with Crippen molar-refractivity contribution in [3.8, 4) is 0 Å². The third-order valence-corrected chi connectivity index (χ3v) is 3.08.